The predicted molar refractivity (Wildman–Crippen MR) is 103 cm³/mol. The number of nitrogens with one attached hydrogen (secondary N) is 1. The minimum atomic E-state index is -0.496. The van der Waals surface area contributed by atoms with Crippen molar-refractivity contribution in [1.29, 1.82) is 0 Å². The molecule has 26 heavy (non-hydrogen) atoms. The fourth-order valence-electron chi connectivity index (χ4n) is 3.24. The van der Waals surface area contributed by atoms with Gasteiger partial charge in [0.1, 0.15) is 5.60 Å². The fraction of sp³-hybridized carbons (Fsp3) is 0.619. The van der Waals surface area contributed by atoms with Crippen LogP contribution in [0, 0.1) is 5.92 Å². The minimum Gasteiger partial charge on any atom is -0.444 e. The van der Waals surface area contributed by atoms with E-state index in [-0.39, 0.29) is 5.91 Å². The molecule has 0 bridgehead atoms. The van der Waals surface area contributed by atoms with Crippen molar-refractivity contribution < 1.29 is 14.3 Å². The lowest BCUT2D eigenvalue weighted by molar-refractivity contribution is -0.132. The second-order valence-corrected chi connectivity index (χ2v) is 8.05. The molecule has 0 radical (unpaired) electrons. The van der Waals surface area contributed by atoms with Crippen LogP contribution in [0.3, 0.4) is 0 Å². The Kier molecular flexibility index (Phi) is 7.49. The highest BCUT2D eigenvalue weighted by atomic mass is 16.6. The quantitative estimate of drug-likeness (QED) is 0.786. The third kappa shape index (κ3) is 7.46. The average molecular weight is 360 g/mol. The molecule has 0 aromatic heterocycles. The van der Waals surface area contributed by atoms with Crippen LogP contribution in [0.15, 0.2) is 30.3 Å². The van der Waals surface area contributed by atoms with Crippen molar-refractivity contribution in [3.63, 3.8) is 0 Å². The van der Waals surface area contributed by atoms with E-state index in [1.807, 2.05) is 31.7 Å². The number of nitrogens with zero attached hydrogens (tertiary/aromatic N) is 1. The van der Waals surface area contributed by atoms with Gasteiger partial charge in [-0.2, -0.15) is 0 Å². The molecule has 1 aromatic carbocycles. The Morgan fingerprint density at radius 2 is 1.81 bits per heavy atom. The monoisotopic (exact) mass is 360 g/mol. The van der Waals surface area contributed by atoms with Gasteiger partial charge in [-0.25, -0.2) is 4.79 Å². The lowest BCUT2D eigenvalue weighted by Gasteiger charge is -2.32. The van der Waals surface area contributed by atoms with E-state index in [0.29, 0.717) is 25.3 Å². The molecular weight excluding hydrogens is 328 g/mol. The molecule has 0 spiro atoms. The summed E-state index contributed by atoms with van der Waals surface area (Å²) in [4.78, 5) is 25.8. The van der Waals surface area contributed by atoms with Crippen LogP contribution in [-0.2, 0) is 16.0 Å². The van der Waals surface area contributed by atoms with Crippen molar-refractivity contribution in [2.75, 3.05) is 19.6 Å². The first kappa shape index (κ1) is 20.3. The van der Waals surface area contributed by atoms with Crippen LogP contribution in [0.1, 0.15) is 52.0 Å². The molecule has 1 heterocycles. The summed E-state index contributed by atoms with van der Waals surface area (Å²) in [5, 5.41) is 2.70. The highest BCUT2D eigenvalue weighted by molar-refractivity contribution is 5.76. The van der Waals surface area contributed by atoms with E-state index in [9.17, 15) is 9.59 Å². The molecule has 0 saturated carbocycles. The largest absolute Gasteiger partial charge is 0.444 e. The van der Waals surface area contributed by atoms with Crippen molar-refractivity contribution in [1.82, 2.24) is 10.2 Å². The Morgan fingerprint density at radius 3 is 2.42 bits per heavy atom. The Morgan fingerprint density at radius 1 is 1.15 bits per heavy atom. The van der Waals surface area contributed by atoms with Crippen LogP contribution in [-0.4, -0.2) is 42.1 Å². The van der Waals surface area contributed by atoms with Crippen LogP contribution < -0.4 is 5.32 Å². The molecule has 1 aliphatic heterocycles. The maximum atomic E-state index is 12.3. The van der Waals surface area contributed by atoms with Gasteiger partial charge < -0.3 is 15.0 Å². The van der Waals surface area contributed by atoms with E-state index < -0.39 is 11.7 Å². The Labute approximate surface area is 157 Å². The van der Waals surface area contributed by atoms with Gasteiger partial charge in [0.25, 0.3) is 0 Å². The number of rotatable bonds is 6. The topological polar surface area (TPSA) is 58.6 Å². The maximum Gasteiger partial charge on any atom is 0.407 e. The van der Waals surface area contributed by atoms with Crippen LogP contribution in [0.4, 0.5) is 4.79 Å². The number of benzene rings is 1. The maximum absolute atomic E-state index is 12.3. The lowest BCUT2D eigenvalue weighted by Crippen LogP contribution is -2.39. The Balaban J connectivity index is 1.60. The highest BCUT2D eigenvalue weighted by Gasteiger charge is 2.22. The summed E-state index contributed by atoms with van der Waals surface area (Å²) in [6.07, 6.45) is 3.92. The van der Waals surface area contributed by atoms with E-state index in [2.05, 4.69) is 29.6 Å². The molecule has 144 valence electrons. The number of carbonyl (C=O) groups excluding carboxylic acids is 2. The zero-order chi connectivity index (χ0) is 19.0. The molecule has 1 N–H and O–H groups in total. The zero-order valence-corrected chi connectivity index (χ0v) is 16.3. The van der Waals surface area contributed by atoms with Crippen molar-refractivity contribution in [2.24, 2.45) is 5.92 Å². The van der Waals surface area contributed by atoms with Crippen LogP contribution in [0.2, 0.25) is 0 Å². The van der Waals surface area contributed by atoms with Gasteiger partial charge in [-0.05, 0) is 57.9 Å². The molecule has 0 atom stereocenters. The molecular formula is C21H32N2O3. The van der Waals surface area contributed by atoms with Crippen molar-refractivity contribution in [2.45, 2.75) is 58.5 Å². The van der Waals surface area contributed by atoms with E-state index >= 15 is 0 Å². The van der Waals surface area contributed by atoms with Gasteiger partial charge >= 0.3 is 6.09 Å². The van der Waals surface area contributed by atoms with Gasteiger partial charge in [0, 0.05) is 26.1 Å². The van der Waals surface area contributed by atoms with Gasteiger partial charge in [-0.1, -0.05) is 30.3 Å². The predicted octanol–water partition coefficient (Wildman–Crippen LogP) is 3.77. The SMILES string of the molecule is CC(C)(C)OC(=O)NCCCC(=O)N1CCC(Cc2ccccc2)CC1. The fourth-order valence-corrected chi connectivity index (χ4v) is 3.24. The van der Waals surface area contributed by atoms with Crippen molar-refractivity contribution in [3.05, 3.63) is 35.9 Å². The number of ether oxygens (including phenoxy) is 1. The zero-order valence-electron chi connectivity index (χ0n) is 16.3. The number of piperidine rings is 1. The molecule has 1 aromatic rings. The first-order valence-electron chi connectivity index (χ1n) is 9.62. The second-order valence-electron chi connectivity index (χ2n) is 8.05. The summed E-state index contributed by atoms with van der Waals surface area (Å²) >= 11 is 0. The molecule has 5 nitrogen and oxygen atoms in total. The van der Waals surface area contributed by atoms with Gasteiger partial charge in [0.2, 0.25) is 5.91 Å². The molecule has 0 unspecified atom stereocenters. The number of likely N-dealkylation sites (tertiary alicyclic amines) is 1. The molecule has 5 heteroatoms. The first-order chi connectivity index (χ1) is 12.3. The molecule has 2 amide bonds. The normalized spacial score (nSPS) is 15.6. The molecule has 0 aliphatic carbocycles. The summed E-state index contributed by atoms with van der Waals surface area (Å²) in [5.41, 5.74) is 0.884. The van der Waals surface area contributed by atoms with Crippen molar-refractivity contribution >= 4 is 12.0 Å². The molecule has 1 fully saturated rings. The summed E-state index contributed by atoms with van der Waals surface area (Å²) in [6.45, 7) is 7.64. The number of carbonyl (C=O) groups is 2. The molecule has 1 saturated heterocycles. The Hall–Kier alpha value is -2.04. The van der Waals surface area contributed by atoms with Crippen LogP contribution >= 0.6 is 0 Å². The summed E-state index contributed by atoms with van der Waals surface area (Å²) in [5.74, 6) is 0.851. The average Bonchev–Trinajstić information content (AvgIpc) is 2.58. The Bertz CT molecular complexity index is 573. The first-order valence-corrected chi connectivity index (χ1v) is 9.62. The third-order valence-electron chi connectivity index (χ3n) is 4.57. The highest BCUT2D eigenvalue weighted by Crippen LogP contribution is 2.22. The smallest absolute Gasteiger partial charge is 0.407 e. The van der Waals surface area contributed by atoms with Gasteiger partial charge in [0.05, 0.1) is 0 Å². The number of hydrogen-bond donors (Lipinski definition) is 1. The van der Waals surface area contributed by atoms with Gasteiger partial charge in [-0.15, -0.1) is 0 Å². The molecule has 2 rings (SSSR count). The van der Waals surface area contributed by atoms with Crippen LogP contribution in [0.5, 0.6) is 0 Å². The summed E-state index contributed by atoms with van der Waals surface area (Å²) < 4.78 is 5.18. The second kappa shape index (κ2) is 9.60. The lowest BCUT2D eigenvalue weighted by atomic mass is 9.90. The number of alkyl carbamates (subject to hydrolysis) is 1. The van der Waals surface area contributed by atoms with Gasteiger partial charge in [0.15, 0.2) is 0 Å². The third-order valence-corrected chi connectivity index (χ3v) is 4.57. The number of hydrogen-bond acceptors (Lipinski definition) is 3. The van der Waals surface area contributed by atoms with E-state index in [0.717, 1.165) is 32.4 Å². The standard InChI is InChI=1S/C21H32N2O3/c1-21(2,3)26-20(25)22-13-7-10-19(24)23-14-11-18(12-15-23)16-17-8-5-4-6-9-17/h4-6,8-9,18H,7,10-16H2,1-3H3,(H,22,25). The summed E-state index contributed by atoms with van der Waals surface area (Å²) in [6, 6.07) is 10.6. The van der Waals surface area contributed by atoms with E-state index in [4.69, 9.17) is 4.74 Å². The van der Waals surface area contributed by atoms with Crippen LogP contribution in [0.25, 0.3) is 0 Å². The van der Waals surface area contributed by atoms with Crippen molar-refractivity contribution in [3.8, 4) is 0 Å². The molecule has 1 aliphatic rings. The number of amides is 2. The van der Waals surface area contributed by atoms with E-state index in [1.54, 1.807) is 0 Å². The van der Waals surface area contributed by atoms with Gasteiger partial charge in [-0.3, -0.25) is 4.79 Å². The minimum absolute atomic E-state index is 0.189. The van der Waals surface area contributed by atoms with E-state index in [1.165, 1.54) is 5.56 Å². The summed E-state index contributed by atoms with van der Waals surface area (Å²) in [7, 11) is 0.